The Hall–Kier alpha value is -3.48. The van der Waals surface area contributed by atoms with Crippen molar-refractivity contribution >= 4 is 23.1 Å². The van der Waals surface area contributed by atoms with Gasteiger partial charge in [-0.2, -0.15) is 5.10 Å². The summed E-state index contributed by atoms with van der Waals surface area (Å²) in [5, 5.41) is 9.40. The van der Waals surface area contributed by atoms with E-state index in [9.17, 15) is 4.79 Å². The molecule has 0 bridgehead atoms. The van der Waals surface area contributed by atoms with Gasteiger partial charge >= 0.3 is 0 Å². The molecule has 4 rings (SSSR count). The number of hydrazone groups is 1. The van der Waals surface area contributed by atoms with Gasteiger partial charge in [-0.3, -0.25) is 9.80 Å². The Morgan fingerprint density at radius 2 is 2.12 bits per heavy atom. The van der Waals surface area contributed by atoms with E-state index in [0.29, 0.717) is 23.7 Å². The van der Waals surface area contributed by atoms with Gasteiger partial charge in [0.15, 0.2) is 5.82 Å². The van der Waals surface area contributed by atoms with Crippen LogP contribution in [0.2, 0.25) is 0 Å². The topological polar surface area (TPSA) is 96.5 Å². The zero-order valence-electron chi connectivity index (χ0n) is 14.0. The Labute approximate surface area is 150 Å². The van der Waals surface area contributed by atoms with Crippen LogP contribution in [0.15, 0.2) is 66.2 Å². The number of aromatic nitrogens is 2. The molecule has 1 atom stereocenters. The third kappa shape index (κ3) is 3.32. The van der Waals surface area contributed by atoms with Crippen LogP contribution in [0.3, 0.4) is 0 Å². The Kier molecular flexibility index (Phi) is 4.18. The molecule has 7 nitrogen and oxygen atoms in total. The van der Waals surface area contributed by atoms with Gasteiger partial charge < -0.3 is 11.1 Å². The van der Waals surface area contributed by atoms with E-state index < -0.39 is 0 Å². The first-order chi connectivity index (χ1) is 12.7. The summed E-state index contributed by atoms with van der Waals surface area (Å²) in [7, 11) is 0. The number of carbonyl (C=O) groups is 1. The second kappa shape index (κ2) is 6.79. The lowest BCUT2D eigenvalue weighted by Gasteiger charge is -2.15. The van der Waals surface area contributed by atoms with Crippen LogP contribution in [0, 0.1) is 5.92 Å². The summed E-state index contributed by atoms with van der Waals surface area (Å²) in [6.45, 7) is 1.59. The largest absolute Gasteiger partial charge is 0.382 e. The number of anilines is 2. The standard InChI is InChI=1S/C19H18N6O/c20-18-17(9-21-12-22-18)23-19(26)14-7-5-13(6-8-14)10-25-11-15-3-1-2-4-16(15)24-25/h1-9,12,15H,10-11H2,(H,23,26)(H2,20,21,22). The Morgan fingerprint density at radius 3 is 2.88 bits per heavy atom. The molecule has 130 valence electrons. The zero-order valence-corrected chi connectivity index (χ0v) is 14.0. The smallest absolute Gasteiger partial charge is 0.255 e. The van der Waals surface area contributed by atoms with Crippen molar-refractivity contribution in [3.8, 4) is 0 Å². The Morgan fingerprint density at radius 1 is 1.27 bits per heavy atom. The molecule has 1 aliphatic carbocycles. The molecule has 0 saturated carbocycles. The van der Waals surface area contributed by atoms with Crippen molar-refractivity contribution in [1.29, 1.82) is 0 Å². The number of carbonyl (C=O) groups excluding carboxylic acids is 1. The first-order valence-corrected chi connectivity index (χ1v) is 8.33. The lowest BCUT2D eigenvalue weighted by Crippen LogP contribution is -2.18. The second-order valence-corrected chi connectivity index (χ2v) is 6.20. The van der Waals surface area contributed by atoms with E-state index in [2.05, 4.69) is 43.6 Å². The molecule has 1 aliphatic heterocycles. The van der Waals surface area contributed by atoms with Crippen molar-refractivity contribution < 1.29 is 4.79 Å². The molecule has 0 spiro atoms. The zero-order chi connectivity index (χ0) is 17.9. The summed E-state index contributed by atoms with van der Waals surface area (Å²) in [5.41, 5.74) is 8.87. The molecule has 1 unspecified atom stereocenters. The Balaban J connectivity index is 1.40. The third-order valence-electron chi connectivity index (χ3n) is 4.34. The van der Waals surface area contributed by atoms with Crippen LogP contribution in [-0.2, 0) is 6.54 Å². The number of nitrogens with zero attached hydrogens (tertiary/aromatic N) is 4. The second-order valence-electron chi connectivity index (χ2n) is 6.20. The van der Waals surface area contributed by atoms with Gasteiger partial charge in [-0.05, 0) is 23.8 Å². The Bertz CT molecular complexity index is 916. The number of nitrogen functional groups attached to an aromatic ring is 1. The van der Waals surface area contributed by atoms with Crippen LogP contribution in [-0.4, -0.2) is 33.1 Å². The van der Waals surface area contributed by atoms with Crippen molar-refractivity contribution in [1.82, 2.24) is 15.0 Å². The molecule has 7 heteroatoms. The number of hydrogen-bond donors (Lipinski definition) is 2. The van der Waals surface area contributed by atoms with Crippen molar-refractivity contribution in [3.05, 3.63) is 72.2 Å². The molecule has 0 fully saturated rings. The van der Waals surface area contributed by atoms with E-state index >= 15 is 0 Å². The molecule has 2 heterocycles. The third-order valence-corrected chi connectivity index (χ3v) is 4.34. The van der Waals surface area contributed by atoms with Gasteiger partial charge in [0.2, 0.25) is 0 Å². The number of fused-ring (bicyclic) bond motifs is 1. The number of rotatable bonds is 4. The van der Waals surface area contributed by atoms with Crippen LogP contribution >= 0.6 is 0 Å². The fourth-order valence-electron chi connectivity index (χ4n) is 2.97. The van der Waals surface area contributed by atoms with E-state index in [4.69, 9.17) is 5.73 Å². The van der Waals surface area contributed by atoms with Crippen LogP contribution in [0.5, 0.6) is 0 Å². The predicted octanol–water partition coefficient (Wildman–Crippen LogP) is 2.22. The maximum Gasteiger partial charge on any atom is 0.255 e. The quantitative estimate of drug-likeness (QED) is 0.885. The predicted molar refractivity (Wildman–Crippen MR) is 100 cm³/mol. The van der Waals surface area contributed by atoms with E-state index in [0.717, 1.165) is 17.8 Å². The number of nitrogens with one attached hydrogen (secondary N) is 1. The van der Waals surface area contributed by atoms with E-state index in [1.54, 1.807) is 12.1 Å². The van der Waals surface area contributed by atoms with Crippen molar-refractivity contribution in [2.45, 2.75) is 6.54 Å². The summed E-state index contributed by atoms with van der Waals surface area (Å²) < 4.78 is 0. The molecule has 0 radical (unpaired) electrons. The molecule has 2 aromatic rings. The molecular formula is C19H18N6O. The molecule has 2 aliphatic rings. The average Bonchev–Trinajstić information content (AvgIpc) is 3.06. The normalized spacial score (nSPS) is 17.8. The van der Waals surface area contributed by atoms with Crippen LogP contribution in [0.25, 0.3) is 0 Å². The monoisotopic (exact) mass is 346 g/mol. The minimum atomic E-state index is -0.249. The minimum Gasteiger partial charge on any atom is -0.382 e. The fraction of sp³-hybridized carbons (Fsp3) is 0.158. The van der Waals surface area contributed by atoms with Gasteiger partial charge in [0.05, 0.1) is 18.5 Å². The number of allylic oxidation sites excluding steroid dienone is 3. The highest BCUT2D eigenvalue weighted by Gasteiger charge is 2.23. The first kappa shape index (κ1) is 16.0. The number of benzene rings is 1. The lowest BCUT2D eigenvalue weighted by molar-refractivity contribution is 0.102. The molecule has 1 aromatic carbocycles. The van der Waals surface area contributed by atoms with E-state index in [-0.39, 0.29) is 11.7 Å². The highest BCUT2D eigenvalue weighted by atomic mass is 16.1. The summed E-state index contributed by atoms with van der Waals surface area (Å²) >= 11 is 0. The van der Waals surface area contributed by atoms with Gasteiger partial charge in [-0.25, -0.2) is 9.97 Å². The van der Waals surface area contributed by atoms with Gasteiger partial charge in [0.1, 0.15) is 12.0 Å². The summed E-state index contributed by atoms with van der Waals surface area (Å²) in [6, 6.07) is 7.46. The van der Waals surface area contributed by atoms with Crippen molar-refractivity contribution in [2.24, 2.45) is 11.0 Å². The first-order valence-electron chi connectivity index (χ1n) is 8.33. The SMILES string of the molecule is Nc1ncncc1NC(=O)c1ccc(CN2CC3C=CC=CC3=N2)cc1. The summed E-state index contributed by atoms with van der Waals surface area (Å²) in [6.07, 6.45) is 11.1. The summed E-state index contributed by atoms with van der Waals surface area (Å²) in [4.78, 5) is 20.0. The fourth-order valence-corrected chi connectivity index (χ4v) is 2.97. The molecule has 3 N–H and O–H groups in total. The number of amides is 1. The summed E-state index contributed by atoms with van der Waals surface area (Å²) in [5.74, 6) is 0.368. The van der Waals surface area contributed by atoms with Gasteiger partial charge in [0, 0.05) is 18.0 Å². The van der Waals surface area contributed by atoms with Crippen molar-refractivity contribution in [3.63, 3.8) is 0 Å². The average molecular weight is 346 g/mol. The number of hydrogen-bond acceptors (Lipinski definition) is 6. The van der Waals surface area contributed by atoms with Gasteiger partial charge in [-0.15, -0.1) is 0 Å². The molecular weight excluding hydrogens is 328 g/mol. The molecule has 0 saturated heterocycles. The van der Waals surface area contributed by atoms with Crippen molar-refractivity contribution in [2.75, 3.05) is 17.6 Å². The molecule has 1 amide bonds. The van der Waals surface area contributed by atoms with Crippen LogP contribution < -0.4 is 11.1 Å². The lowest BCUT2D eigenvalue weighted by atomic mass is 10.00. The highest BCUT2D eigenvalue weighted by molar-refractivity contribution is 6.05. The number of nitrogens with two attached hydrogens (primary N) is 1. The van der Waals surface area contributed by atoms with E-state index in [1.807, 2.05) is 18.2 Å². The molecule has 1 aromatic heterocycles. The van der Waals surface area contributed by atoms with Crippen LogP contribution in [0.1, 0.15) is 15.9 Å². The molecule has 26 heavy (non-hydrogen) atoms. The van der Waals surface area contributed by atoms with Gasteiger partial charge in [0.25, 0.3) is 5.91 Å². The van der Waals surface area contributed by atoms with Gasteiger partial charge in [-0.1, -0.05) is 30.4 Å². The maximum atomic E-state index is 12.3. The minimum absolute atomic E-state index is 0.239. The highest BCUT2D eigenvalue weighted by Crippen LogP contribution is 2.21. The maximum absolute atomic E-state index is 12.3. The van der Waals surface area contributed by atoms with E-state index in [1.165, 1.54) is 12.5 Å². The van der Waals surface area contributed by atoms with Crippen LogP contribution in [0.4, 0.5) is 11.5 Å².